The van der Waals surface area contributed by atoms with E-state index in [1.807, 2.05) is 0 Å². The average molecular weight is 270 g/mol. The van der Waals surface area contributed by atoms with Gasteiger partial charge in [-0.1, -0.05) is 6.92 Å². The number of nitrogens with zero attached hydrogens (tertiary/aromatic N) is 1. The largest absolute Gasteiger partial charge is 0.313 e. The molecule has 0 aromatic rings. The first-order valence-electron chi connectivity index (χ1n) is 7.87. The van der Waals surface area contributed by atoms with Gasteiger partial charge in [0.15, 0.2) is 0 Å². The van der Waals surface area contributed by atoms with E-state index in [1.54, 1.807) is 0 Å². The number of rotatable bonds is 6. The molecule has 0 bridgehead atoms. The van der Waals surface area contributed by atoms with Gasteiger partial charge in [0.05, 0.1) is 0 Å². The molecular formula is C15H30N2S. The smallest absolute Gasteiger partial charge is 0.0172 e. The second-order valence-corrected chi connectivity index (χ2v) is 7.42. The molecule has 0 saturated carbocycles. The third-order valence-electron chi connectivity index (χ3n) is 4.57. The lowest BCUT2D eigenvalue weighted by Crippen LogP contribution is -2.43. The molecule has 0 aromatic heterocycles. The van der Waals surface area contributed by atoms with Crippen molar-refractivity contribution in [3.05, 3.63) is 0 Å². The van der Waals surface area contributed by atoms with E-state index in [0.29, 0.717) is 0 Å². The molecule has 1 N–H and O–H groups in total. The van der Waals surface area contributed by atoms with Crippen LogP contribution in [0.3, 0.4) is 0 Å². The molecule has 18 heavy (non-hydrogen) atoms. The standard InChI is InChI=1S/C15H30N2S/c1-3-8-17-9-6-14(7-10-17)13(2)16-12-15-5-4-11-18-15/h13-16H,3-12H2,1-2H3. The molecule has 2 nitrogen and oxygen atoms in total. The minimum absolute atomic E-state index is 0.718. The molecule has 2 atom stereocenters. The van der Waals surface area contributed by atoms with Gasteiger partial charge in [0, 0.05) is 17.8 Å². The van der Waals surface area contributed by atoms with Crippen molar-refractivity contribution in [1.29, 1.82) is 0 Å². The summed E-state index contributed by atoms with van der Waals surface area (Å²) >= 11 is 2.17. The molecular weight excluding hydrogens is 240 g/mol. The second kappa shape index (κ2) is 7.76. The molecule has 0 aliphatic carbocycles. The number of thioether (sulfide) groups is 1. The van der Waals surface area contributed by atoms with Gasteiger partial charge in [-0.15, -0.1) is 0 Å². The van der Waals surface area contributed by atoms with Gasteiger partial charge in [0.25, 0.3) is 0 Å². The molecule has 0 amide bonds. The first-order chi connectivity index (χ1) is 8.79. The summed E-state index contributed by atoms with van der Waals surface area (Å²) in [7, 11) is 0. The number of likely N-dealkylation sites (tertiary alicyclic amines) is 1. The predicted octanol–water partition coefficient (Wildman–Crippen LogP) is 2.98. The van der Waals surface area contributed by atoms with Gasteiger partial charge in [0.1, 0.15) is 0 Å². The van der Waals surface area contributed by atoms with E-state index in [-0.39, 0.29) is 0 Å². The molecule has 0 aromatic carbocycles. The van der Waals surface area contributed by atoms with Crippen molar-refractivity contribution in [3.63, 3.8) is 0 Å². The maximum absolute atomic E-state index is 3.80. The summed E-state index contributed by atoms with van der Waals surface area (Å²) in [5.74, 6) is 2.29. The van der Waals surface area contributed by atoms with E-state index in [9.17, 15) is 0 Å². The summed E-state index contributed by atoms with van der Waals surface area (Å²) in [6, 6.07) is 0.718. The van der Waals surface area contributed by atoms with Crippen molar-refractivity contribution in [2.24, 2.45) is 5.92 Å². The first kappa shape index (κ1) is 14.7. The van der Waals surface area contributed by atoms with Gasteiger partial charge in [-0.25, -0.2) is 0 Å². The van der Waals surface area contributed by atoms with Crippen LogP contribution in [0.25, 0.3) is 0 Å². The highest BCUT2D eigenvalue weighted by Crippen LogP contribution is 2.26. The van der Waals surface area contributed by atoms with Crippen molar-refractivity contribution in [2.45, 2.75) is 57.2 Å². The summed E-state index contributed by atoms with van der Waals surface area (Å²) in [4.78, 5) is 2.63. The molecule has 2 saturated heterocycles. The van der Waals surface area contributed by atoms with Crippen LogP contribution < -0.4 is 5.32 Å². The quantitative estimate of drug-likeness (QED) is 0.799. The Kier molecular flexibility index (Phi) is 6.33. The van der Waals surface area contributed by atoms with Crippen LogP contribution in [0.2, 0.25) is 0 Å². The summed E-state index contributed by atoms with van der Waals surface area (Å²) in [5, 5.41) is 4.70. The fourth-order valence-corrected chi connectivity index (χ4v) is 4.50. The van der Waals surface area contributed by atoms with Crippen LogP contribution in [0.5, 0.6) is 0 Å². The summed E-state index contributed by atoms with van der Waals surface area (Å²) in [6.07, 6.45) is 6.95. The van der Waals surface area contributed by atoms with Gasteiger partial charge < -0.3 is 10.2 Å². The lowest BCUT2D eigenvalue weighted by Gasteiger charge is -2.35. The Morgan fingerprint density at radius 1 is 1.28 bits per heavy atom. The van der Waals surface area contributed by atoms with Crippen molar-refractivity contribution in [1.82, 2.24) is 10.2 Å². The van der Waals surface area contributed by atoms with E-state index in [2.05, 4.69) is 35.8 Å². The highest BCUT2D eigenvalue weighted by Gasteiger charge is 2.24. The zero-order valence-corrected chi connectivity index (χ0v) is 13.0. The summed E-state index contributed by atoms with van der Waals surface area (Å²) in [5.41, 5.74) is 0. The van der Waals surface area contributed by atoms with Crippen LogP contribution in [0, 0.1) is 5.92 Å². The van der Waals surface area contributed by atoms with Crippen LogP contribution >= 0.6 is 11.8 Å². The maximum Gasteiger partial charge on any atom is 0.0172 e. The van der Waals surface area contributed by atoms with E-state index in [1.165, 1.54) is 64.0 Å². The van der Waals surface area contributed by atoms with E-state index < -0.39 is 0 Å². The van der Waals surface area contributed by atoms with Crippen LogP contribution in [0.15, 0.2) is 0 Å². The lowest BCUT2D eigenvalue weighted by molar-refractivity contribution is 0.163. The molecule has 0 spiro atoms. The normalized spacial score (nSPS) is 28.7. The SMILES string of the molecule is CCCN1CCC(C(C)NCC2CCCS2)CC1. The van der Waals surface area contributed by atoms with E-state index >= 15 is 0 Å². The Bertz CT molecular complexity index is 221. The number of piperidine rings is 1. The highest BCUT2D eigenvalue weighted by atomic mass is 32.2. The molecule has 2 aliphatic heterocycles. The Labute approximate surface area is 117 Å². The maximum atomic E-state index is 3.80. The van der Waals surface area contributed by atoms with Crippen LogP contribution in [0.1, 0.15) is 46.0 Å². The third kappa shape index (κ3) is 4.43. The molecule has 2 heterocycles. The lowest BCUT2D eigenvalue weighted by atomic mass is 9.90. The van der Waals surface area contributed by atoms with Crippen molar-refractivity contribution >= 4 is 11.8 Å². The van der Waals surface area contributed by atoms with Crippen molar-refractivity contribution in [3.8, 4) is 0 Å². The van der Waals surface area contributed by atoms with Gasteiger partial charge >= 0.3 is 0 Å². The van der Waals surface area contributed by atoms with Crippen molar-refractivity contribution < 1.29 is 0 Å². The minimum Gasteiger partial charge on any atom is -0.313 e. The Hall–Kier alpha value is 0.270. The van der Waals surface area contributed by atoms with E-state index in [0.717, 1.165) is 17.2 Å². The predicted molar refractivity (Wildman–Crippen MR) is 82.4 cm³/mol. The Morgan fingerprint density at radius 2 is 2.06 bits per heavy atom. The first-order valence-corrected chi connectivity index (χ1v) is 8.91. The highest BCUT2D eigenvalue weighted by molar-refractivity contribution is 8.00. The van der Waals surface area contributed by atoms with Gasteiger partial charge in [-0.2, -0.15) is 11.8 Å². The van der Waals surface area contributed by atoms with Crippen LogP contribution in [0.4, 0.5) is 0 Å². The fraction of sp³-hybridized carbons (Fsp3) is 1.00. The van der Waals surface area contributed by atoms with Crippen molar-refractivity contribution in [2.75, 3.05) is 31.9 Å². The van der Waals surface area contributed by atoms with Crippen LogP contribution in [-0.2, 0) is 0 Å². The molecule has 2 unspecified atom stereocenters. The fourth-order valence-electron chi connectivity index (χ4n) is 3.28. The molecule has 2 aliphatic rings. The molecule has 2 rings (SSSR count). The zero-order chi connectivity index (χ0) is 12.8. The number of hydrogen-bond donors (Lipinski definition) is 1. The van der Waals surface area contributed by atoms with Gasteiger partial charge in [0.2, 0.25) is 0 Å². The number of hydrogen-bond acceptors (Lipinski definition) is 3. The molecule has 3 heteroatoms. The van der Waals surface area contributed by atoms with Gasteiger partial charge in [-0.05, 0) is 70.3 Å². The van der Waals surface area contributed by atoms with Crippen LogP contribution in [-0.4, -0.2) is 48.1 Å². The topological polar surface area (TPSA) is 15.3 Å². The molecule has 106 valence electrons. The second-order valence-electron chi connectivity index (χ2n) is 6.01. The molecule has 2 fully saturated rings. The third-order valence-corrected chi connectivity index (χ3v) is 5.97. The average Bonchev–Trinajstić information content (AvgIpc) is 2.90. The summed E-state index contributed by atoms with van der Waals surface area (Å²) in [6.45, 7) is 9.87. The Morgan fingerprint density at radius 3 is 2.67 bits per heavy atom. The summed E-state index contributed by atoms with van der Waals surface area (Å²) < 4.78 is 0. The van der Waals surface area contributed by atoms with Gasteiger partial charge in [-0.3, -0.25) is 0 Å². The Balaban J connectivity index is 1.62. The minimum atomic E-state index is 0.718. The number of nitrogens with one attached hydrogen (secondary N) is 1. The monoisotopic (exact) mass is 270 g/mol. The van der Waals surface area contributed by atoms with E-state index in [4.69, 9.17) is 0 Å². The zero-order valence-electron chi connectivity index (χ0n) is 12.2. The molecule has 0 radical (unpaired) electrons.